The maximum atomic E-state index is 11.9. The molecule has 2 aromatic carbocycles. The molecule has 0 saturated heterocycles. The monoisotopic (exact) mass is 474 g/mol. The van der Waals surface area contributed by atoms with Crippen molar-refractivity contribution in [2.45, 2.75) is 6.92 Å². The van der Waals surface area contributed by atoms with Crippen molar-refractivity contribution in [2.24, 2.45) is 0 Å². The summed E-state index contributed by atoms with van der Waals surface area (Å²) < 4.78 is 7.11. The lowest BCUT2D eigenvalue weighted by atomic mass is 10.2. The molecule has 0 aliphatic rings. The Morgan fingerprint density at radius 3 is 2.54 bits per heavy atom. The van der Waals surface area contributed by atoms with Gasteiger partial charge in [-0.3, -0.25) is 20.4 Å². The molecule has 0 aliphatic carbocycles. The number of amides is 2. The fraction of sp³-hybridized carbons (Fsp3) is 0.125. The second-order valence-corrected chi connectivity index (χ2v) is 6.98. The van der Waals surface area contributed by atoms with Crippen LogP contribution in [0.5, 0.6) is 5.75 Å². The minimum absolute atomic E-state index is 0.246. The third-order valence-corrected chi connectivity index (χ3v) is 4.35. The fourth-order valence-electron chi connectivity index (χ4n) is 1.88. The van der Waals surface area contributed by atoms with Gasteiger partial charge in [-0.15, -0.1) is 0 Å². The molecule has 0 aliphatic heterocycles. The van der Waals surface area contributed by atoms with Crippen molar-refractivity contribution >= 4 is 55.3 Å². The van der Waals surface area contributed by atoms with E-state index in [2.05, 4.69) is 42.7 Å². The molecule has 0 atom stereocenters. The van der Waals surface area contributed by atoms with E-state index < -0.39 is 11.8 Å². The van der Waals surface area contributed by atoms with E-state index in [-0.39, 0.29) is 12.2 Å². The summed E-state index contributed by atoms with van der Waals surface area (Å²) in [5.41, 5.74) is 5.71. The van der Waals surface area contributed by atoms with E-state index in [4.69, 9.17) is 16.3 Å². The topological polar surface area (TPSA) is 67.4 Å². The smallest absolute Gasteiger partial charge is 0.276 e. The van der Waals surface area contributed by atoms with E-state index in [9.17, 15) is 9.59 Å². The molecule has 5 nitrogen and oxygen atoms in total. The number of rotatable bonds is 4. The third-order valence-electron chi connectivity index (χ3n) is 2.98. The maximum absolute atomic E-state index is 11.9. The van der Waals surface area contributed by atoms with Crippen LogP contribution in [-0.2, 0) is 4.79 Å². The molecular formula is C16H13Br2ClN2O3. The number of aryl methyl sites for hydroxylation is 1. The first-order valence-electron chi connectivity index (χ1n) is 6.80. The summed E-state index contributed by atoms with van der Waals surface area (Å²) >= 11 is 12.7. The van der Waals surface area contributed by atoms with E-state index >= 15 is 0 Å². The van der Waals surface area contributed by atoms with Crippen molar-refractivity contribution in [1.82, 2.24) is 10.9 Å². The third kappa shape index (κ3) is 4.96. The van der Waals surface area contributed by atoms with E-state index in [0.717, 1.165) is 14.5 Å². The number of hydrazine groups is 1. The number of carbonyl (C=O) groups is 2. The van der Waals surface area contributed by atoms with E-state index in [1.165, 1.54) is 0 Å². The SMILES string of the molecule is Cc1cc(Br)cc(Br)c1OCC(=O)NNC(=O)c1ccccc1Cl. The van der Waals surface area contributed by atoms with Gasteiger partial charge in [0.25, 0.3) is 11.8 Å². The van der Waals surface area contributed by atoms with Crippen molar-refractivity contribution < 1.29 is 14.3 Å². The van der Waals surface area contributed by atoms with E-state index in [0.29, 0.717) is 10.8 Å². The van der Waals surface area contributed by atoms with Crippen LogP contribution in [0.1, 0.15) is 15.9 Å². The summed E-state index contributed by atoms with van der Waals surface area (Å²) in [6.45, 7) is 1.62. The molecule has 0 unspecified atom stereocenters. The minimum Gasteiger partial charge on any atom is -0.482 e. The zero-order valence-electron chi connectivity index (χ0n) is 12.5. The van der Waals surface area contributed by atoms with E-state index in [1.807, 2.05) is 19.1 Å². The van der Waals surface area contributed by atoms with Gasteiger partial charge in [0.05, 0.1) is 15.1 Å². The summed E-state index contributed by atoms with van der Waals surface area (Å²) in [4.78, 5) is 23.7. The van der Waals surface area contributed by atoms with Crippen molar-refractivity contribution in [2.75, 3.05) is 6.61 Å². The largest absolute Gasteiger partial charge is 0.482 e. The molecule has 0 aromatic heterocycles. The second kappa shape index (κ2) is 8.50. The van der Waals surface area contributed by atoms with Gasteiger partial charge in [0.2, 0.25) is 0 Å². The number of hydrogen-bond acceptors (Lipinski definition) is 3. The lowest BCUT2D eigenvalue weighted by molar-refractivity contribution is -0.123. The molecule has 2 amide bonds. The van der Waals surface area contributed by atoms with Crippen molar-refractivity contribution in [3.63, 3.8) is 0 Å². The van der Waals surface area contributed by atoms with Crippen LogP contribution in [0.4, 0.5) is 0 Å². The van der Waals surface area contributed by atoms with Crippen LogP contribution in [0.15, 0.2) is 45.3 Å². The summed E-state index contributed by atoms with van der Waals surface area (Å²) in [5, 5.41) is 0.301. The molecule has 0 spiro atoms. The van der Waals surface area contributed by atoms with Gasteiger partial charge < -0.3 is 4.74 Å². The van der Waals surface area contributed by atoms with Gasteiger partial charge in [-0.05, 0) is 52.7 Å². The molecule has 0 heterocycles. The molecule has 0 bridgehead atoms. The van der Waals surface area contributed by atoms with Gasteiger partial charge in [-0.25, -0.2) is 0 Å². The first-order chi connectivity index (χ1) is 11.4. The molecule has 2 N–H and O–H groups in total. The second-order valence-electron chi connectivity index (χ2n) is 4.80. The van der Waals surface area contributed by atoms with Crippen LogP contribution < -0.4 is 15.6 Å². The highest BCUT2D eigenvalue weighted by Gasteiger charge is 2.12. The quantitative estimate of drug-likeness (QED) is 0.656. The van der Waals surface area contributed by atoms with Gasteiger partial charge in [0.15, 0.2) is 6.61 Å². The van der Waals surface area contributed by atoms with Gasteiger partial charge in [-0.2, -0.15) is 0 Å². The Kier molecular flexibility index (Phi) is 6.65. The number of hydrogen-bond donors (Lipinski definition) is 2. The van der Waals surface area contributed by atoms with Crippen LogP contribution >= 0.6 is 43.5 Å². The Morgan fingerprint density at radius 2 is 1.88 bits per heavy atom. The van der Waals surface area contributed by atoms with Crippen LogP contribution in [0.3, 0.4) is 0 Å². The number of halogens is 3. The molecule has 24 heavy (non-hydrogen) atoms. The van der Waals surface area contributed by atoms with Gasteiger partial charge in [-0.1, -0.05) is 39.7 Å². The van der Waals surface area contributed by atoms with Gasteiger partial charge in [0, 0.05) is 4.47 Å². The molecule has 8 heteroatoms. The van der Waals surface area contributed by atoms with Crippen LogP contribution in [-0.4, -0.2) is 18.4 Å². The number of nitrogens with one attached hydrogen (secondary N) is 2. The van der Waals surface area contributed by atoms with Crippen LogP contribution in [0.2, 0.25) is 5.02 Å². The normalized spacial score (nSPS) is 10.2. The summed E-state index contributed by atoms with van der Waals surface area (Å²) in [7, 11) is 0. The van der Waals surface area contributed by atoms with Gasteiger partial charge in [0.1, 0.15) is 5.75 Å². The highest BCUT2D eigenvalue weighted by molar-refractivity contribution is 9.11. The van der Waals surface area contributed by atoms with Crippen molar-refractivity contribution in [3.05, 3.63) is 61.5 Å². The molecule has 0 fully saturated rings. The zero-order valence-corrected chi connectivity index (χ0v) is 16.5. The van der Waals surface area contributed by atoms with Crippen molar-refractivity contribution in [1.29, 1.82) is 0 Å². The molecular weight excluding hydrogens is 463 g/mol. The Morgan fingerprint density at radius 1 is 1.17 bits per heavy atom. The predicted molar refractivity (Wildman–Crippen MR) is 99.1 cm³/mol. The highest BCUT2D eigenvalue weighted by Crippen LogP contribution is 2.32. The lowest BCUT2D eigenvalue weighted by Crippen LogP contribution is -2.43. The number of benzene rings is 2. The Bertz CT molecular complexity index is 761. The summed E-state index contributed by atoms with van der Waals surface area (Å²) in [6, 6.07) is 10.2. The Balaban J connectivity index is 1.88. The first kappa shape index (κ1) is 18.8. The fourth-order valence-corrected chi connectivity index (χ4v) is 3.66. The minimum atomic E-state index is -0.505. The Labute approximate surface area is 160 Å². The summed E-state index contributed by atoms with van der Waals surface area (Å²) in [5.74, 6) is -0.439. The highest BCUT2D eigenvalue weighted by atomic mass is 79.9. The van der Waals surface area contributed by atoms with Gasteiger partial charge >= 0.3 is 0 Å². The molecule has 0 saturated carbocycles. The predicted octanol–water partition coefficient (Wildman–Crippen LogP) is 4.01. The molecule has 2 aromatic rings. The van der Waals surface area contributed by atoms with Crippen LogP contribution in [0, 0.1) is 6.92 Å². The average Bonchev–Trinajstić information content (AvgIpc) is 2.52. The Hall–Kier alpha value is -1.57. The van der Waals surface area contributed by atoms with E-state index in [1.54, 1.807) is 24.3 Å². The average molecular weight is 477 g/mol. The summed E-state index contributed by atoms with van der Waals surface area (Å²) in [6.07, 6.45) is 0. The number of carbonyl (C=O) groups excluding carboxylic acids is 2. The first-order valence-corrected chi connectivity index (χ1v) is 8.77. The molecule has 2 rings (SSSR count). The maximum Gasteiger partial charge on any atom is 0.276 e. The van der Waals surface area contributed by atoms with Crippen molar-refractivity contribution in [3.8, 4) is 5.75 Å². The standard InChI is InChI=1S/C16H13Br2ClN2O3/c1-9-6-10(17)7-12(18)15(9)24-8-14(22)20-21-16(23)11-4-2-3-5-13(11)19/h2-7H,8H2,1H3,(H,20,22)(H,21,23). The van der Waals surface area contributed by atoms with Crippen LogP contribution in [0.25, 0.3) is 0 Å². The lowest BCUT2D eigenvalue weighted by Gasteiger charge is -2.12. The molecule has 126 valence electrons. The number of ether oxygens (including phenoxy) is 1. The zero-order chi connectivity index (χ0) is 17.7. The molecule has 0 radical (unpaired) electrons.